The Kier molecular flexibility index (Phi) is 7.06. The lowest BCUT2D eigenvalue weighted by Crippen LogP contribution is -2.47. The molecule has 1 saturated heterocycles. The molecule has 1 heterocycles. The minimum Gasteiger partial charge on any atom is -0.481 e. The number of carboxylic acids is 1. The van der Waals surface area contributed by atoms with Crippen LogP contribution in [0.15, 0.2) is 0 Å². The molecule has 122 valence electrons. The molecular formula is C12H22N2O6S. The van der Waals surface area contributed by atoms with Gasteiger partial charge in [-0.15, -0.1) is 0 Å². The molecule has 0 unspecified atom stereocenters. The molecule has 0 aromatic rings. The summed E-state index contributed by atoms with van der Waals surface area (Å²) < 4.78 is 30.1. The maximum Gasteiger partial charge on any atom is 0.303 e. The third-order valence-electron chi connectivity index (χ3n) is 3.28. The number of nitrogens with one attached hydrogen (secondary N) is 1. The van der Waals surface area contributed by atoms with Crippen molar-refractivity contribution in [3.63, 3.8) is 0 Å². The lowest BCUT2D eigenvalue weighted by Gasteiger charge is -2.31. The lowest BCUT2D eigenvalue weighted by molar-refractivity contribution is -0.137. The van der Waals surface area contributed by atoms with Crippen LogP contribution in [0.5, 0.6) is 0 Å². The number of aliphatic carboxylic acids is 1. The molecule has 1 aliphatic heterocycles. The fourth-order valence-electron chi connectivity index (χ4n) is 2.21. The Hall–Kier alpha value is -1.19. The Labute approximate surface area is 124 Å². The van der Waals surface area contributed by atoms with Crippen LogP contribution < -0.4 is 5.32 Å². The molecule has 9 heteroatoms. The summed E-state index contributed by atoms with van der Waals surface area (Å²) >= 11 is 0. The minimum atomic E-state index is -3.41. The van der Waals surface area contributed by atoms with Gasteiger partial charge in [0.25, 0.3) is 0 Å². The van der Waals surface area contributed by atoms with E-state index < -0.39 is 16.0 Å². The number of hydrogen-bond acceptors (Lipinski definition) is 5. The Morgan fingerprint density at radius 1 is 1.33 bits per heavy atom. The van der Waals surface area contributed by atoms with Crippen molar-refractivity contribution in [2.24, 2.45) is 0 Å². The summed E-state index contributed by atoms with van der Waals surface area (Å²) in [6, 6.07) is -0.0434. The van der Waals surface area contributed by atoms with Crippen molar-refractivity contribution in [1.29, 1.82) is 0 Å². The first-order valence-corrected chi connectivity index (χ1v) is 8.44. The van der Waals surface area contributed by atoms with Crippen LogP contribution in [0.3, 0.4) is 0 Å². The number of piperidine rings is 1. The van der Waals surface area contributed by atoms with Crippen molar-refractivity contribution >= 4 is 21.9 Å². The van der Waals surface area contributed by atoms with Gasteiger partial charge in [-0.3, -0.25) is 9.59 Å². The molecule has 1 amide bonds. The first-order chi connectivity index (χ1) is 9.85. The van der Waals surface area contributed by atoms with Gasteiger partial charge in [0.15, 0.2) is 0 Å². The van der Waals surface area contributed by atoms with Crippen molar-refractivity contribution in [3.05, 3.63) is 0 Å². The molecule has 0 atom stereocenters. The molecule has 0 aromatic heterocycles. The molecule has 1 rings (SSSR count). The molecule has 0 bridgehead atoms. The highest BCUT2D eigenvalue weighted by Gasteiger charge is 2.28. The van der Waals surface area contributed by atoms with Gasteiger partial charge < -0.3 is 15.2 Å². The van der Waals surface area contributed by atoms with Gasteiger partial charge in [-0.2, -0.15) is 0 Å². The summed E-state index contributed by atoms with van der Waals surface area (Å²) in [5.74, 6) is -1.36. The van der Waals surface area contributed by atoms with Gasteiger partial charge in [-0.05, 0) is 19.3 Å². The maximum absolute atomic E-state index is 12.0. The summed E-state index contributed by atoms with van der Waals surface area (Å²) in [7, 11) is -1.97. The Bertz CT molecular complexity index is 456. The number of rotatable bonds is 8. The van der Waals surface area contributed by atoms with Crippen LogP contribution in [-0.4, -0.2) is 68.3 Å². The van der Waals surface area contributed by atoms with E-state index in [0.29, 0.717) is 25.9 Å². The molecule has 0 aliphatic carbocycles. The fourth-order valence-corrected chi connectivity index (χ4v) is 3.75. The van der Waals surface area contributed by atoms with Gasteiger partial charge in [0.05, 0.1) is 5.75 Å². The second-order valence-electron chi connectivity index (χ2n) is 4.99. The Morgan fingerprint density at radius 3 is 2.48 bits per heavy atom. The number of carbonyl (C=O) groups excluding carboxylic acids is 1. The smallest absolute Gasteiger partial charge is 0.303 e. The van der Waals surface area contributed by atoms with Gasteiger partial charge in [0, 0.05) is 32.7 Å². The van der Waals surface area contributed by atoms with Crippen LogP contribution >= 0.6 is 0 Å². The van der Waals surface area contributed by atoms with E-state index in [9.17, 15) is 18.0 Å². The molecule has 0 radical (unpaired) electrons. The van der Waals surface area contributed by atoms with Crippen molar-refractivity contribution in [2.45, 2.75) is 31.7 Å². The van der Waals surface area contributed by atoms with Crippen molar-refractivity contribution < 1.29 is 27.9 Å². The zero-order valence-electron chi connectivity index (χ0n) is 12.1. The molecule has 0 saturated carbocycles. The zero-order valence-corrected chi connectivity index (χ0v) is 12.9. The third kappa shape index (κ3) is 6.40. The second-order valence-corrected chi connectivity index (χ2v) is 7.08. The molecule has 1 fully saturated rings. The van der Waals surface area contributed by atoms with Crippen molar-refractivity contribution in [1.82, 2.24) is 9.62 Å². The third-order valence-corrected chi connectivity index (χ3v) is 5.24. The summed E-state index contributed by atoms with van der Waals surface area (Å²) in [5, 5.41) is 11.3. The van der Waals surface area contributed by atoms with Crippen LogP contribution in [0.1, 0.15) is 25.7 Å². The molecule has 8 nitrogen and oxygen atoms in total. The summed E-state index contributed by atoms with van der Waals surface area (Å²) in [6.45, 7) is 0.675. The van der Waals surface area contributed by atoms with Crippen molar-refractivity contribution in [2.75, 3.05) is 32.6 Å². The Balaban J connectivity index is 2.37. The predicted octanol–water partition coefficient (Wildman–Crippen LogP) is -0.592. The lowest BCUT2D eigenvalue weighted by atomic mass is 10.1. The predicted molar refractivity (Wildman–Crippen MR) is 75.3 cm³/mol. The van der Waals surface area contributed by atoms with Crippen LogP contribution in [-0.2, 0) is 24.3 Å². The van der Waals surface area contributed by atoms with E-state index in [1.807, 2.05) is 0 Å². The molecule has 0 spiro atoms. The topological polar surface area (TPSA) is 113 Å². The van der Waals surface area contributed by atoms with Gasteiger partial charge in [-0.25, -0.2) is 12.7 Å². The highest BCUT2D eigenvalue weighted by molar-refractivity contribution is 7.89. The number of nitrogens with zero attached hydrogens (tertiary/aromatic N) is 1. The van der Waals surface area contributed by atoms with E-state index in [1.54, 1.807) is 0 Å². The quantitative estimate of drug-likeness (QED) is 0.617. The summed E-state index contributed by atoms with van der Waals surface area (Å²) in [6.07, 6.45) is 1.06. The van der Waals surface area contributed by atoms with Gasteiger partial charge in [0.2, 0.25) is 15.9 Å². The highest BCUT2D eigenvalue weighted by Crippen LogP contribution is 2.15. The number of sulfonamides is 1. The average molecular weight is 322 g/mol. The van der Waals surface area contributed by atoms with Crippen LogP contribution in [0.25, 0.3) is 0 Å². The van der Waals surface area contributed by atoms with E-state index in [0.717, 1.165) is 0 Å². The van der Waals surface area contributed by atoms with Crippen LogP contribution in [0, 0.1) is 0 Å². The SMILES string of the molecule is COCC(=O)NC1CCN(S(=O)(=O)CCCC(=O)O)CC1. The average Bonchev–Trinajstić information content (AvgIpc) is 2.38. The number of hydrogen-bond donors (Lipinski definition) is 2. The van der Waals surface area contributed by atoms with Gasteiger partial charge >= 0.3 is 5.97 Å². The van der Waals surface area contributed by atoms with E-state index >= 15 is 0 Å². The molecular weight excluding hydrogens is 300 g/mol. The largest absolute Gasteiger partial charge is 0.481 e. The molecule has 0 aromatic carbocycles. The van der Waals surface area contributed by atoms with Crippen LogP contribution in [0.2, 0.25) is 0 Å². The van der Waals surface area contributed by atoms with E-state index in [1.165, 1.54) is 11.4 Å². The van der Waals surface area contributed by atoms with Gasteiger partial charge in [-0.1, -0.05) is 0 Å². The number of carboxylic acid groups (broad SMARTS) is 1. The van der Waals surface area contributed by atoms with Gasteiger partial charge in [0.1, 0.15) is 6.61 Å². The normalized spacial score (nSPS) is 17.6. The standard InChI is InChI=1S/C12H22N2O6S/c1-20-9-11(15)13-10-4-6-14(7-5-10)21(18,19)8-2-3-12(16)17/h10H,2-9H2,1H3,(H,13,15)(H,16,17). The monoisotopic (exact) mass is 322 g/mol. The number of carbonyl (C=O) groups is 2. The zero-order chi connectivity index (χ0) is 15.9. The Morgan fingerprint density at radius 2 is 1.95 bits per heavy atom. The number of amides is 1. The molecule has 21 heavy (non-hydrogen) atoms. The molecule has 1 aliphatic rings. The number of ether oxygens (including phenoxy) is 1. The van der Waals surface area contributed by atoms with E-state index in [4.69, 9.17) is 9.84 Å². The summed E-state index contributed by atoms with van der Waals surface area (Å²) in [5.41, 5.74) is 0. The van der Waals surface area contributed by atoms with Crippen LogP contribution in [0.4, 0.5) is 0 Å². The van der Waals surface area contributed by atoms with E-state index in [-0.39, 0.29) is 37.2 Å². The van der Waals surface area contributed by atoms with E-state index in [2.05, 4.69) is 5.32 Å². The molecule has 2 N–H and O–H groups in total. The summed E-state index contributed by atoms with van der Waals surface area (Å²) in [4.78, 5) is 21.8. The highest BCUT2D eigenvalue weighted by atomic mass is 32.2. The first kappa shape index (κ1) is 17.9. The van der Waals surface area contributed by atoms with Crippen molar-refractivity contribution in [3.8, 4) is 0 Å². The fraction of sp³-hybridized carbons (Fsp3) is 0.833. The number of methoxy groups -OCH3 is 1. The second kappa shape index (κ2) is 8.30. The minimum absolute atomic E-state index is 0.00625. The maximum atomic E-state index is 12.0. The first-order valence-electron chi connectivity index (χ1n) is 6.83.